The van der Waals surface area contributed by atoms with Crippen molar-refractivity contribution in [1.29, 1.82) is 0 Å². The highest BCUT2D eigenvalue weighted by Crippen LogP contribution is 2.26. The standard InChI is InChI=1S/C19H20Cl2N2O4S/c1-13(24)14-6-8-16(9-7-14)28(26,27)22-11-10-18(25)23(2)12-15-4-3-5-17(20)19(15)21/h3-9,22H,10-12H2,1-2H3. The average Bonchev–Trinajstić information content (AvgIpc) is 2.65. The van der Waals surface area contributed by atoms with Crippen molar-refractivity contribution in [3.63, 3.8) is 0 Å². The fourth-order valence-corrected chi connectivity index (χ4v) is 3.86. The molecule has 0 aromatic heterocycles. The molecule has 0 saturated carbocycles. The zero-order valence-corrected chi connectivity index (χ0v) is 17.7. The van der Waals surface area contributed by atoms with Gasteiger partial charge in [-0.1, -0.05) is 47.5 Å². The van der Waals surface area contributed by atoms with Gasteiger partial charge < -0.3 is 4.90 Å². The average molecular weight is 443 g/mol. The third-order valence-corrected chi connectivity index (χ3v) is 6.40. The number of hydrogen-bond acceptors (Lipinski definition) is 4. The molecule has 2 aromatic carbocycles. The lowest BCUT2D eigenvalue weighted by Crippen LogP contribution is -2.32. The molecule has 0 heterocycles. The minimum Gasteiger partial charge on any atom is -0.341 e. The maximum atomic E-state index is 12.3. The lowest BCUT2D eigenvalue weighted by Gasteiger charge is -2.18. The van der Waals surface area contributed by atoms with E-state index >= 15 is 0 Å². The van der Waals surface area contributed by atoms with Gasteiger partial charge in [0.2, 0.25) is 15.9 Å². The molecule has 0 aliphatic carbocycles. The third kappa shape index (κ3) is 5.78. The number of nitrogens with zero attached hydrogens (tertiary/aromatic N) is 1. The number of ketones is 1. The number of halogens is 2. The molecular weight excluding hydrogens is 423 g/mol. The normalized spacial score (nSPS) is 11.3. The summed E-state index contributed by atoms with van der Waals surface area (Å²) in [4.78, 5) is 25.0. The van der Waals surface area contributed by atoms with Crippen LogP contribution in [-0.4, -0.2) is 38.6 Å². The molecule has 9 heteroatoms. The number of carbonyl (C=O) groups excluding carboxylic acids is 2. The molecule has 28 heavy (non-hydrogen) atoms. The van der Waals surface area contributed by atoms with E-state index in [0.29, 0.717) is 21.2 Å². The monoisotopic (exact) mass is 442 g/mol. The molecule has 2 rings (SSSR count). The Hall–Kier alpha value is -1.93. The van der Waals surface area contributed by atoms with Crippen molar-refractivity contribution >= 4 is 44.9 Å². The summed E-state index contributed by atoms with van der Waals surface area (Å²) in [7, 11) is -2.16. The van der Waals surface area contributed by atoms with E-state index in [1.165, 1.54) is 36.1 Å². The molecule has 0 fully saturated rings. The first-order valence-corrected chi connectivity index (χ1v) is 10.6. The van der Waals surface area contributed by atoms with Gasteiger partial charge >= 0.3 is 0 Å². The summed E-state index contributed by atoms with van der Waals surface area (Å²) in [6.07, 6.45) is -0.0144. The van der Waals surface area contributed by atoms with Gasteiger partial charge in [-0.3, -0.25) is 9.59 Å². The van der Waals surface area contributed by atoms with Gasteiger partial charge in [0, 0.05) is 32.1 Å². The highest BCUT2D eigenvalue weighted by Gasteiger charge is 2.16. The molecule has 6 nitrogen and oxygen atoms in total. The van der Waals surface area contributed by atoms with Crippen LogP contribution in [0.3, 0.4) is 0 Å². The Morgan fingerprint density at radius 3 is 2.32 bits per heavy atom. The molecule has 0 aliphatic rings. The van der Waals surface area contributed by atoms with Gasteiger partial charge in [-0.15, -0.1) is 0 Å². The second-order valence-corrected chi connectivity index (χ2v) is 8.74. The van der Waals surface area contributed by atoms with Crippen molar-refractivity contribution in [3.8, 4) is 0 Å². The van der Waals surface area contributed by atoms with Crippen LogP contribution in [0.25, 0.3) is 0 Å². The van der Waals surface area contributed by atoms with E-state index in [1.54, 1.807) is 25.2 Å². The van der Waals surface area contributed by atoms with Crippen LogP contribution < -0.4 is 4.72 Å². The lowest BCUT2D eigenvalue weighted by atomic mass is 10.2. The summed E-state index contributed by atoms with van der Waals surface area (Å²) in [5.74, 6) is -0.393. The van der Waals surface area contributed by atoms with Crippen LogP contribution >= 0.6 is 23.2 Å². The predicted octanol–water partition coefficient (Wildman–Crippen LogP) is 3.52. The Morgan fingerprint density at radius 1 is 1.07 bits per heavy atom. The van der Waals surface area contributed by atoms with Crippen LogP contribution in [-0.2, 0) is 21.4 Å². The second-order valence-electron chi connectivity index (χ2n) is 6.19. The van der Waals surface area contributed by atoms with E-state index in [9.17, 15) is 18.0 Å². The van der Waals surface area contributed by atoms with E-state index in [-0.39, 0.29) is 36.1 Å². The van der Waals surface area contributed by atoms with Crippen LogP contribution in [0, 0.1) is 0 Å². The zero-order chi connectivity index (χ0) is 20.9. The molecule has 0 spiro atoms. The maximum absolute atomic E-state index is 12.3. The molecule has 0 aliphatic heterocycles. The van der Waals surface area contributed by atoms with E-state index in [2.05, 4.69) is 4.72 Å². The smallest absolute Gasteiger partial charge is 0.240 e. The van der Waals surface area contributed by atoms with Gasteiger partial charge in [-0.05, 0) is 30.7 Å². The number of nitrogens with one attached hydrogen (secondary N) is 1. The fraction of sp³-hybridized carbons (Fsp3) is 0.263. The van der Waals surface area contributed by atoms with Crippen LogP contribution in [0.4, 0.5) is 0 Å². The molecule has 0 atom stereocenters. The summed E-state index contributed by atoms with van der Waals surface area (Å²) in [5, 5.41) is 0.794. The highest BCUT2D eigenvalue weighted by molar-refractivity contribution is 7.89. The lowest BCUT2D eigenvalue weighted by molar-refractivity contribution is -0.130. The fourth-order valence-electron chi connectivity index (χ4n) is 2.45. The number of benzene rings is 2. The summed E-state index contributed by atoms with van der Waals surface area (Å²) in [5.41, 5.74) is 1.13. The molecule has 150 valence electrons. The minimum absolute atomic E-state index is 0.0144. The van der Waals surface area contributed by atoms with Gasteiger partial charge in [0.25, 0.3) is 0 Å². The van der Waals surface area contributed by atoms with Crippen molar-refractivity contribution in [1.82, 2.24) is 9.62 Å². The van der Waals surface area contributed by atoms with E-state index < -0.39 is 10.0 Å². The quantitative estimate of drug-likeness (QED) is 0.633. The highest BCUT2D eigenvalue weighted by atomic mass is 35.5. The first-order valence-electron chi connectivity index (χ1n) is 8.39. The molecule has 0 radical (unpaired) electrons. The van der Waals surface area contributed by atoms with Gasteiger partial charge in [-0.2, -0.15) is 0 Å². The van der Waals surface area contributed by atoms with Crippen molar-refractivity contribution in [2.24, 2.45) is 0 Å². The number of sulfonamides is 1. The zero-order valence-electron chi connectivity index (χ0n) is 15.4. The molecule has 0 unspecified atom stereocenters. The van der Waals surface area contributed by atoms with Crippen LogP contribution in [0.5, 0.6) is 0 Å². The van der Waals surface area contributed by atoms with Crippen molar-refractivity contribution in [3.05, 3.63) is 63.6 Å². The second kappa shape index (κ2) is 9.52. The Balaban J connectivity index is 1.91. The predicted molar refractivity (Wildman–Crippen MR) is 109 cm³/mol. The van der Waals surface area contributed by atoms with E-state index in [1.807, 2.05) is 0 Å². The molecular formula is C19H20Cl2N2O4S. The first kappa shape index (κ1) is 22.4. The van der Waals surface area contributed by atoms with Crippen molar-refractivity contribution in [2.45, 2.75) is 24.8 Å². The summed E-state index contributed by atoms with van der Waals surface area (Å²) >= 11 is 12.1. The van der Waals surface area contributed by atoms with Crippen LogP contribution in [0.15, 0.2) is 47.4 Å². The van der Waals surface area contributed by atoms with E-state index in [0.717, 1.165) is 0 Å². The Labute approximate surface area is 174 Å². The molecule has 0 saturated heterocycles. The van der Waals surface area contributed by atoms with Gasteiger partial charge in [-0.25, -0.2) is 13.1 Å². The topological polar surface area (TPSA) is 83.5 Å². The Bertz CT molecular complexity index is 976. The van der Waals surface area contributed by atoms with Crippen LogP contribution in [0.2, 0.25) is 10.0 Å². The number of amides is 1. The summed E-state index contributed by atoms with van der Waals surface area (Å²) in [6.45, 7) is 1.61. The summed E-state index contributed by atoms with van der Waals surface area (Å²) in [6, 6.07) is 10.8. The van der Waals surface area contributed by atoms with Gasteiger partial charge in [0.15, 0.2) is 5.78 Å². The molecule has 1 N–H and O–H groups in total. The SMILES string of the molecule is CC(=O)c1ccc(S(=O)(=O)NCCC(=O)N(C)Cc2cccc(Cl)c2Cl)cc1. The number of rotatable bonds is 8. The summed E-state index contributed by atoms with van der Waals surface area (Å²) < 4.78 is 27.0. The maximum Gasteiger partial charge on any atom is 0.240 e. The first-order chi connectivity index (χ1) is 13.1. The number of hydrogen-bond donors (Lipinski definition) is 1. The molecule has 0 bridgehead atoms. The molecule has 2 aromatic rings. The largest absolute Gasteiger partial charge is 0.341 e. The van der Waals surface area contributed by atoms with Crippen molar-refractivity contribution in [2.75, 3.05) is 13.6 Å². The molecule has 1 amide bonds. The number of Topliss-reactive ketones (excluding diaryl/α,β-unsaturated/α-hetero) is 1. The number of carbonyl (C=O) groups is 2. The Kier molecular flexibility index (Phi) is 7.60. The third-order valence-electron chi connectivity index (χ3n) is 4.07. The van der Waals surface area contributed by atoms with Gasteiger partial charge in [0.1, 0.15) is 0 Å². The Morgan fingerprint density at radius 2 is 1.71 bits per heavy atom. The van der Waals surface area contributed by atoms with Crippen LogP contribution in [0.1, 0.15) is 29.3 Å². The van der Waals surface area contributed by atoms with Crippen molar-refractivity contribution < 1.29 is 18.0 Å². The van der Waals surface area contributed by atoms with E-state index in [4.69, 9.17) is 23.2 Å². The minimum atomic E-state index is -3.77. The van der Waals surface area contributed by atoms with Gasteiger partial charge in [0.05, 0.1) is 14.9 Å².